The van der Waals surface area contributed by atoms with Crippen LogP contribution in [0.3, 0.4) is 0 Å². The van der Waals surface area contributed by atoms with E-state index in [9.17, 15) is 4.39 Å². The van der Waals surface area contributed by atoms with Crippen molar-refractivity contribution >= 4 is 5.82 Å². The van der Waals surface area contributed by atoms with E-state index in [0.717, 1.165) is 37.4 Å². The summed E-state index contributed by atoms with van der Waals surface area (Å²) in [4.78, 5) is 2.24. The Labute approximate surface area is 163 Å². The number of anilines is 1. The van der Waals surface area contributed by atoms with Gasteiger partial charge in [-0.3, -0.25) is 0 Å². The van der Waals surface area contributed by atoms with Crippen LogP contribution in [0.15, 0.2) is 48.5 Å². The quantitative estimate of drug-likeness (QED) is 0.756. The summed E-state index contributed by atoms with van der Waals surface area (Å²) in [6.45, 7) is 3.72. The van der Waals surface area contributed by atoms with Gasteiger partial charge in [0.15, 0.2) is 0 Å². The van der Waals surface area contributed by atoms with Crippen LogP contribution in [0.5, 0.6) is 0 Å². The van der Waals surface area contributed by atoms with Crippen LogP contribution in [0.4, 0.5) is 10.2 Å². The maximum atomic E-state index is 14.1. The van der Waals surface area contributed by atoms with Gasteiger partial charge in [0.05, 0.1) is 16.9 Å². The zero-order chi connectivity index (χ0) is 19.7. The molecule has 28 heavy (non-hydrogen) atoms. The number of hydrogen-bond donors (Lipinski definition) is 1. The monoisotopic (exact) mass is 375 g/mol. The maximum Gasteiger partial charge on any atom is 0.141 e. The van der Waals surface area contributed by atoms with E-state index >= 15 is 0 Å². The zero-order valence-corrected chi connectivity index (χ0v) is 15.8. The van der Waals surface area contributed by atoms with E-state index in [1.54, 1.807) is 6.07 Å². The van der Waals surface area contributed by atoms with Gasteiger partial charge >= 0.3 is 0 Å². The molecule has 0 saturated carbocycles. The Morgan fingerprint density at radius 3 is 2.64 bits per heavy atom. The average Bonchev–Trinajstić information content (AvgIpc) is 3.14. The third kappa shape index (κ3) is 3.49. The molecule has 1 saturated heterocycles. The van der Waals surface area contributed by atoms with E-state index in [0.29, 0.717) is 11.3 Å². The molecule has 1 atom stereocenters. The fraction of sp³-hybridized carbons (Fsp3) is 0.273. The molecule has 0 aliphatic carbocycles. The molecule has 0 radical (unpaired) electrons. The van der Waals surface area contributed by atoms with E-state index < -0.39 is 5.82 Å². The van der Waals surface area contributed by atoms with Crippen LogP contribution in [0.2, 0.25) is 0 Å². The topological polar surface area (TPSA) is 70.9 Å². The van der Waals surface area contributed by atoms with Crippen molar-refractivity contribution in [3.8, 4) is 23.0 Å². The van der Waals surface area contributed by atoms with Gasteiger partial charge in [-0.15, -0.1) is 0 Å². The number of aryl methyl sites for hydroxylation is 1. The van der Waals surface area contributed by atoms with Crippen LogP contribution in [-0.4, -0.2) is 28.9 Å². The summed E-state index contributed by atoms with van der Waals surface area (Å²) in [6, 6.07) is 16.7. The Hall–Kier alpha value is -3.17. The number of aromatic nitrogens is 2. The average molecular weight is 375 g/mol. The number of halogens is 1. The largest absolute Gasteiger partial charge is 0.355 e. The molecule has 1 aliphatic heterocycles. The summed E-state index contributed by atoms with van der Waals surface area (Å²) in [5, 5.41) is 13.7. The highest BCUT2D eigenvalue weighted by atomic mass is 19.1. The molecule has 3 aromatic rings. The minimum absolute atomic E-state index is 0.0314. The zero-order valence-electron chi connectivity index (χ0n) is 15.8. The van der Waals surface area contributed by atoms with Crippen molar-refractivity contribution in [2.24, 2.45) is 5.73 Å². The molecule has 1 aliphatic rings. The first kappa shape index (κ1) is 18.2. The molecule has 2 aromatic carbocycles. The Kier molecular flexibility index (Phi) is 4.84. The second-order valence-electron chi connectivity index (χ2n) is 7.29. The smallest absolute Gasteiger partial charge is 0.141 e. The molecule has 2 heterocycles. The van der Waals surface area contributed by atoms with E-state index in [-0.39, 0.29) is 11.6 Å². The molecule has 1 fully saturated rings. The first-order chi connectivity index (χ1) is 13.5. The van der Waals surface area contributed by atoms with E-state index in [4.69, 9.17) is 16.1 Å². The molecule has 4 rings (SSSR count). The predicted octanol–water partition coefficient (Wildman–Crippen LogP) is 3.79. The molecular formula is C22H22FN5. The molecule has 0 bridgehead atoms. The van der Waals surface area contributed by atoms with Gasteiger partial charge in [0, 0.05) is 30.8 Å². The first-order valence-electron chi connectivity index (χ1n) is 9.43. The number of nitrogens with zero attached hydrogens (tertiary/aromatic N) is 4. The summed E-state index contributed by atoms with van der Waals surface area (Å²) < 4.78 is 16.0. The molecule has 142 valence electrons. The third-order valence-corrected chi connectivity index (χ3v) is 5.14. The standard InChI is InChI=1S/C22H22FN5/c1-15-4-8-19(9-5-15)28-22(27-10-2-3-18(25)14-27)12-21(26-28)16-6-7-17(13-24)20(23)11-16/h4-9,11-12,18H,2-3,10,14,25H2,1H3/t18-/m0/s1. The Balaban J connectivity index is 1.80. The van der Waals surface area contributed by atoms with Crippen molar-refractivity contribution in [1.82, 2.24) is 9.78 Å². The molecule has 2 N–H and O–H groups in total. The van der Waals surface area contributed by atoms with Crippen molar-refractivity contribution in [3.63, 3.8) is 0 Å². The highest BCUT2D eigenvalue weighted by molar-refractivity contribution is 5.66. The van der Waals surface area contributed by atoms with E-state index in [2.05, 4.69) is 4.90 Å². The number of piperidine rings is 1. The van der Waals surface area contributed by atoms with E-state index in [1.165, 1.54) is 17.7 Å². The van der Waals surface area contributed by atoms with Crippen LogP contribution < -0.4 is 10.6 Å². The lowest BCUT2D eigenvalue weighted by molar-refractivity contribution is 0.500. The van der Waals surface area contributed by atoms with Gasteiger partial charge in [-0.25, -0.2) is 9.07 Å². The molecular weight excluding hydrogens is 353 g/mol. The van der Waals surface area contributed by atoms with Crippen molar-refractivity contribution in [2.45, 2.75) is 25.8 Å². The molecule has 6 heteroatoms. The van der Waals surface area contributed by atoms with Gasteiger partial charge in [0.2, 0.25) is 0 Å². The van der Waals surface area contributed by atoms with Crippen LogP contribution in [0.25, 0.3) is 16.9 Å². The van der Waals surface area contributed by atoms with Gasteiger partial charge < -0.3 is 10.6 Å². The number of benzene rings is 2. The molecule has 5 nitrogen and oxygen atoms in total. The van der Waals surface area contributed by atoms with E-state index in [1.807, 2.05) is 48.0 Å². The summed E-state index contributed by atoms with van der Waals surface area (Å²) in [7, 11) is 0. The fourth-order valence-electron chi connectivity index (χ4n) is 3.60. The Morgan fingerprint density at radius 1 is 1.18 bits per heavy atom. The molecule has 0 amide bonds. The second-order valence-corrected chi connectivity index (χ2v) is 7.29. The minimum atomic E-state index is -0.536. The summed E-state index contributed by atoms with van der Waals surface area (Å²) in [5.41, 5.74) is 9.65. The van der Waals surface area contributed by atoms with Crippen LogP contribution >= 0.6 is 0 Å². The Morgan fingerprint density at radius 2 is 1.96 bits per heavy atom. The lowest BCUT2D eigenvalue weighted by atomic mass is 10.1. The first-order valence-corrected chi connectivity index (χ1v) is 9.43. The van der Waals surface area contributed by atoms with Gasteiger partial charge in [-0.05, 0) is 44.0 Å². The van der Waals surface area contributed by atoms with Crippen molar-refractivity contribution in [1.29, 1.82) is 5.26 Å². The van der Waals surface area contributed by atoms with Gasteiger partial charge in [0.1, 0.15) is 17.7 Å². The SMILES string of the molecule is Cc1ccc(-n2nc(-c3ccc(C#N)c(F)c3)cc2N2CCC[C@H](N)C2)cc1. The third-order valence-electron chi connectivity index (χ3n) is 5.14. The summed E-state index contributed by atoms with van der Waals surface area (Å²) in [6.07, 6.45) is 2.05. The second kappa shape index (κ2) is 7.45. The van der Waals surface area contributed by atoms with Gasteiger partial charge in [-0.2, -0.15) is 10.4 Å². The van der Waals surface area contributed by atoms with Gasteiger partial charge in [-0.1, -0.05) is 23.8 Å². The minimum Gasteiger partial charge on any atom is -0.355 e. The molecule has 1 aromatic heterocycles. The highest BCUT2D eigenvalue weighted by Gasteiger charge is 2.22. The highest BCUT2D eigenvalue weighted by Crippen LogP contribution is 2.30. The summed E-state index contributed by atoms with van der Waals surface area (Å²) in [5.74, 6) is 0.408. The van der Waals surface area contributed by atoms with Crippen molar-refractivity contribution in [3.05, 3.63) is 65.5 Å². The lowest BCUT2D eigenvalue weighted by Gasteiger charge is -2.32. The number of rotatable bonds is 3. The number of nitrogens with two attached hydrogens (primary N) is 1. The maximum absolute atomic E-state index is 14.1. The lowest BCUT2D eigenvalue weighted by Crippen LogP contribution is -2.43. The van der Waals surface area contributed by atoms with Crippen LogP contribution in [0.1, 0.15) is 24.0 Å². The fourth-order valence-corrected chi connectivity index (χ4v) is 3.60. The van der Waals surface area contributed by atoms with Crippen molar-refractivity contribution in [2.75, 3.05) is 18.0 Å². The molecule has 0 spiro atoms. The predicted molar refractivity (Wildman–Crippen MR) is 108 cm³/mol. The van der Waals surface area contributed by atoms with Crippen LogP contribution in [-0.2, 0) is 0 Å². The van der Waals surface area contributed by atoms with Crippen molar-refractivity contribution < 1.29 is 4.39 Å². The van der Waals surface area contributed by atoms with Crippen LogP contribution in [0, 0.1) is 24.1 Å². The van der Waals surface area contributed by atoms with Gasteiger partial charge in [0.25, 0.3) is 0 Å². The number of hydrogen-bond acceptors (Lipinski definition) is 4. The summed E-state index contributed by atoms with van der Waals surface area (Å²) >= 11 is 0. The number of nitriles is 1. The Bertz CT molecular complexity index is 1030. The molecule has 0 unspecified atom stereocenters. The normalized spacial score (nSPS) is 16.8.